The summed E-state index contributed by atoms with van der Waals surface area (Å²) in [6.07, 6.45) is 3.16. The van der Waals surface area contributed by atoms with Gasteiger partial charge in [0.25, 0.3) is 0 Å². The number of para-hydroxylation sites is 2. The minimum absolute atomic E-state index is 0.309. The van der Waals surface area contributed by atoms with E-state index in [0.29, 0.717) is 23.7 Å². The van der Waals surface area contributed by atoms with Crippen LogP contribution in [0.3, 0.4) is 0 Å². The highest BCUT2D eigenvalue weighted by Crippen LogP contribution is 2.29. The second kappa shape index (κ2) is 7.37. The standard InChI is InChI=1S/C19H18N2O3/c1-14-6-8-16(9-7-14)24-18-5-3-2-4-17(18)21-19(22)20-12-15-10-11-23-13-15/h2-11,13H,12H2,1H3,(H2,20,21,22). The molecule has 0 saturated heterocycles. The van der Waals surface area contributed by atoms with Crippen molar-refractivity contribution < 1.29 is 13.9 Å². The zero-order valence-corrected chi connectivity index (χ0v) is 13.3. The second-order valence-corrected chi connectivity index (χ2v) is 5.35. The van der Waals surface area contributed by atoms with Gasteiger partial charge in [-0.3, -0.25) is 0 Å². The Morgan fingerprint density at radius 1 is 1.08 bits per heavy atom. The number of carbonyl (C=O) groups is 1. The quantitative estimate of drug-likeness (QED) is 0.715. The maximum atomic E-state index is 12.0. The predicted octanol–water partition coefficient (Wildman–Crippen LogP) is 4.70. The highest BCUT2D eigenvalue weighted by Gasteiger charge is 2.08. The number of anilines is 1. The van der Waals surface area contributed by atoms with Gasteiger partial charge < -0.3 is 19.8 Å². The molecular formula is C19H18N2O3. The van der Waals surface area contributed by atoms with Gasteiger partial charge in [-0.25, -0.2) is 4.79 Å². The molecule has 0 saturated carbocycles. The van der Waals surface area contributed by atoms with Crippen LogP contribution in [-0.4, -0.2) is 6.03 Å². The molecule has 0 spiro atoms. The third-order valence-corrected chi connectivity index (χ3v) is 3.42. The van der Waals surface area contributed by atoms with Crippen molar-refractivity contribution in [2.75, 3.05) is 5.32 Å². The van der Waals surface area contributed by atoms with Crippen LogP contribution in [-0.2, 0) is 6.54 Å². The molecule has 2 aromatic carbocycles. The normalized spacial score (nSPS) is 10.2. The molecule has 0 unspecified atom stereocenters. The molecular weight excluding hydrogens is 304 g/mol. The number of benzene rings is 2. The van der Waals surface area contributed by atoms with Gasteiger partial charge in [0.2, 0.25) is 0 Å². The van der Waals surface area contributed by atoms with Crippen LogP contribution in [0.15, 0.2) is 71.5 Å². The van der Waals surface area contributed by atoms with E-state index in [0.717, 1.165) is 11.1 Å². The number of amides is 2. The fourth-order valence-corrected chi connectivity index (χ4v) is 2.13. The van der Waals surface area contributed by atoms with E-state index >= 15 is 0 Å². The number of carbonyl (C=O) groups excluding carboxylic acids is 1. The number of furan rings is 1. The van der Waals surface area contributed by atoms with Crippen molar-refractivity contribution in [2.24, 2.45) is 0 Å². The van der Waals surface area contributed by atoms with Crippen LogP contribution in [0.2, 0.25) is 0 Å². The van der Waals surface area contributed by atoms with E-state index in [2.05, 4.69) is 10.6 Å². The Balaban J connectivity index is 1.65. The first kappa shape index (κ1) is 15.7. The SMILES string of the molecule is Cc1ccc(Oc2ccccc2NC(=O)NCc2ccoc2)cc1. The van der Waals surface area contributed by atoms with Crippen LogP contribution < -0.4 is 15.4 Å². The van der Waals surface area contributed by atoms with Crippen LogP contribution >= 0.6 is 0 Å². The topological polar surface area (TPSA) is 63.5 Å². The third kappa shape index (κ3) is 4.16. The molecule has 0 atom stereocenters. The van der Waals surface area contributed by atoms with Crippen molar-refractivity contribution in [2.45, 2.75) is 13.5 Å². The lowest BCUT2D eigenvalue weighted by atomic mass is 10.2. The molecule has 0 fully saturated rings. The summed E-state index contributed by atoms with van der Waals surface area (Å²) in [6.45, 7) is 2.41. The zero-order valence-electron chi connectivity index (χ0n) is 13.3. The molecule has 3 rings (SSSR count). The number of ether oxygens (including phenoxy) is 1. The van der Waals surface area contributed by atoms with Gasteiger partial charge in [0, 0.05) is 12.1 Å². The second-order valence-electron chi connectivity index (χ2n) is 5.35. The van der Waals surface area contributed by atoms with Crippen LogP contribution in [0.25, 0.3) is 0 Å². The van der Waals surface area contributed by atoms with Crippen LogP contribution in [0.5, 0.6) is 11.5 Å². The Hall–Kier alpha value is -3.21. The largest absolute Gasteiger partial charge is 0.472 e. The summed E-state index contributed by atoms with van der Waals surface area (Å²) in [5.41, 5.74) is 2.66. The van der Waals surface area contributed by atoms with Gasteiger partial charge in [0.15, 0.2) is 5.75 Å². The first-order valence-electron chi connectivity index (χ1n) is 7.60. The summed E-state index contributed by atoms with van der Waals surface area (Å²) in [6, 6.07) is 16.5. The molecule has 5 nitrogen and oxygen atoms in total. The minimum atomic E-state index is -0.309. The van der Waals surface area contributed by atoms with Gasteiger partial charge in [0.05, 0.1) is 18.2 Å². The molecule has 0 aliphatic heterocycles. The molecule has 0 bridgehead atoms. The fourth-order valence-electron chi connectivity index (χ4n) is 2.13. The Morgan fingerprint density at radius 3 is 2.62 bits per heavy atom. The van der Waals surface area contributed by atoms with E-state index in [1.165, 1.54) is 0 Å². The van der Waals surface area contributed by atoms with E-state index in [1.54, 1.807) is 24.7 Å². The lowest BCUT2D eigenvalue weighted by molar-refractivity contribution is 0.251. The van der Waals surface area contributed by atoms with E-state index in [1.807, 2.05) is 49.4 Å². The molecule has 1 aromatic heterocycles. The monoisotopic (exact) mass is 322 g/mol. The van der Waals surface area contributed by atoms with Gasteiger partial charge in [-0.05, 0) is 37.3 Å². The maximum absolute atomic E-state index is 12.0. The average Bonchev–Trinajstić information content (AvgIpc) is 3.10. The van der Waals surface area contributed by atoms with Crippen molar-refractivity contribution >= 4 is 11.7 Å². The summed E-state index contributed by atoms with van der Waals surface area (Å²) < 4.78 is 10.8. The molecule has 5 heteroatoms. The van der Waals surface area contributed by atoms with E-state index in [4.69, 9.17) is 9.15 Å². The van der Waals surface area contributed by atoms with Gasteiger partial charge in [-0.2, -0.15) is 0 Å². The molecule has 24 heavy (non-hydrogen) atoms. The van der Waals surface area contributed by atoms with Crippen molar-refractivity contribution in [3.63, 3.8) is 0 Å². The maximum Gasteiger partial charge on any atom is 0.319 e. The molecule has 0 radical (unpaired) electrons. The molecule has 3 aromatic rings. The Bertz CT molecular complexity index is 796. The molecule has 2 amide bonds. The van der Waals surface area contributed by atoms with Crippen molar-refractivity contribution in [3.8, 4) is 11.5 Å². The van der Waals surface area contributed by atoms with Crippen molar-refractivity contribution in [1.29, 1.82) is 0 Å². The summed E-state index contributed by atoms with van der Waals surface area (Å²) in [7, 11) is 0. The van der Waals surface area contributed by atoms with E-state index < -0.39 is 0 Å². The fraction of sp³-hybridized carbons (Fsp3) is 0.105. The smallest absolute Gasteiger partial charge is 0.319 e. The number of nitrogens with one attached hydrogen (secondary N) is 2. The Kier molecular flexibility index (Phi) is 4.81. The van der Waals surface area contributed by atoms with Crippen LogP contribution in [0.1, 0.15) is 11.1 Å². The molecule has 122 valence electrons. The van der Waals surface area contributed by atoms with Gasteiger partial charge in [0.1, 0.15) is 5.75 Å². The van der Waals surface area contributed by atoms with E-state index in [9.17, 15) is 4.79 Å². The summed E-state index contributed by atoms with van der Waals surface area (Å²) in [4.78, 5) is 12.0. The van der Waals surface area contributed by atoms with Crippen molar-refractivity contribution in [3.05, 3.63) is 78.3 Å². The highest BCUT2D eigenvalue weighted by molar-refractivity contribution is 5.90. The summed E-state index contributed by atoms with van der Waals surface area (Å²) in [5.74, 6) is 1.30. The zero-order chi connectivity index (χ0) is 16.8. The van der Waals surface area contributed by atoms with Crippen molar-refractivity contribution in [1.82, 2.24) is 5.32 Å². The highest BCUT2D eigenvalue weighted by atomic mass is 16.5. The first-order chi connectivity index (χ1) is 11.7. The average molecular weight is 322 g/mol. The van der Waals surface area contributed by atoms with Crippen LogP contribution in [0.4, 0.5) is 10.5 Å². The Labute approximate surface area is 140 Å². The summed E-state index contributed by atoms with van der Waals surface area (Å²) in [5, 5.41) is 5.57. The molecule has 1 heterocycles. The molecule has 0 aliphatic carbocycles. The number of aryl methyl sites for hydroxylation is 1. The Morgan fingerprint density at radius 2 is 1.88 bits per heavy atom. The summed E-state index contributed by atoms with van der Waals surface area (Å²) >= 11 is 0. The first-order valence-corrected chi connectivity index (χ1v) is 7.60. The molecule has 2 N–H and O–H groups in total. The minimum Gasteiger partial charge on any atom is -0.472 e. The number of rotatable bonds is 5. The number of hydrogen-bond donors (Lipinski definition) is 2. The van der Waals surface area contributed by atoms with Gasteiger partial charge in [-0.1, -0.05) is 29.8 Å². The molecule has 0 aliphatic rings. The lowest BCUT2D eigenvalue weighted by Gasteiger charge is -2.12. The van der Waals surface area contributed by atoms with Gasteiger partial charge >= 0.3 is 6.03 Å². The lowest BCUT2D eigenvalue weighted by Crippen LogP contribution is -2.28. The van der Waals surface area contributed by atoms with Gasteiger partial charge in [-0.15, -0.1) is 0 Å². The predicted molar refractivity (Wildman–Crippen MR) is 92.3 cm³/mol. The van der Waals surface area contributed by atoms with E-state index in [-0.39, 0.29) is 6.03 Å². The van der Waals surface area contributed by atoms with Crippen LogP contribution in [0, 0.1) is 6.92 Å². The number of hydrogen-bond acceptors (Lipinski definition) is 3. The third-order valence-electron chi connectivity index (χ3n) is 3.42. The number of urea groups is 1.